The predicted octanol–water partition coefficient (Wildman–Crippen LogP) is 17.0. The van der Waals surface area contributed by atoms with Gasteiger partial charge >= 0.3 is 48.0 Å². The van der Waals surface area contributed by atoms with Gasteiger partial charge in [-0.1, -0.05) is 159 Å². The molecule has 584 valence electrons. The summed E-state index contributed by atoms with van der Waals surface area (Å²) in [7, 11) is 2.72. The lowest BCUT2D eigenvalue weighted by molar-refractivity contribution is -0.154. The maximum absolute atomic E-state index is 11.6. The summed E-state index contributed by atoms with van der Waals surface area (Å²) < 4.78 is 29.7. The van der Waals surface area contributed by atoms with Gasteiger partial charge in [-0.15, -0.1) is 0 Å². The van der Waals surface area contributed by atoms with Crippen molar-refractivity contribution >= 4 is 65.5 Å². The van der Waals surface area contributed by atoms with Crippen LogP contribution in [0.4, 0.5) is 9.59 Å². The minimum absolute atomic E-state index is 0.0556. The molecule has 0 aromatic heterocycles. The molecule has 0 spiro atoms. The van der Waals surface area contributed by atoms with Gasteiger partial charge < -0.3 is 49.3 Å². The Morgan fingerprint density at radius 1 is 0.596 bits per heavy atom. The van der Waals surface area contributed by atoms with Crippen LogP contribution in [0.2, 0.25) is 0 Å². The summed E-state index contributed by atoms with van der Waals surface area (Å²) in [5.41, 5.74) is 3.52. The van der Waals surface area contributed by atoms with Gasteiger partial charge in [0.15, 0.2) is 0 Å². The smallest absolute Gasteiger partial charge is 0.433 e. The SMILES string of the molecule is C1CC2CC1C1CC3OC3C21.C1CC2CC1C1CC3OC3C21.C=C(C)C(=O)O.C=C(C)C(=O)OCCNC(=O)O/N=C(\C)CC.C=CC(=O)OC.C=Cc1ccccc1.CC/C(C)=N/OC(=O)NCCOC(=O)C(C)(C)CC.CCC(C)(C)C(=O)O.CCC(C)C(=O)OC.CCC(C)c1ccccc1. The average Bonchev–Trinajstić information content (AvgIpc) is 1.56. The highest BCUT2D eigenvalue weighted by atomic mass is 16.7. The topological polar surface area (TPSA) is 306 Å². The van der Waals surface area contributed by atoms with Crippen molar-refractivity contribution in [1.82, 2.24) is 10.6 Å². The zero-order chi connectivity index (χ0) is 78.9. The van der Waals surface area contributed by atoms with Gasteiger partial charge in [0.1, 0.15) is 13.2 Å². The van der Waals surface area contributed by atoms with Crippen molar-refractivity contribution in [2.24, 2.45) is 74.4 Å². The number of carboxylic acid groups (broad SMARTS) is 2. The molecule has 22 nitrogen and oxygen atoms in total. The summed E-state index contributed by atoms with van der Waals surface area (Å²) in [6.45, 7) is 43.4. The molecule has 2 aromatic rings. The van der Waals surface area contributed by atoms with E-state index in [4.69, 9.17) is 29.2 Å². The highest BCUT2D eigenvalue weighted by Crippen LogP contribution is 2.65. The standard InChI is InChI=1S/C13H24N2O4.C11H18N2O4.2C10H14O.C10H14.C8H8.2C6H12O2.2C4H6O2/c1-6-10(3)15-19-12(17)14-8-9-18-11(16)13(4,5)7-2;1-5-9(4)13-17-11(15)12-6-7-16-10(14)8(2)3;2*1-2-6-3-5(1)7-4-8-10(11-8)9(6)7;1-3-9(2)10-7-5-4-6-8-10;1-2-8-6-4-3-5-7-8;1-4-6(2,3)5(7)8;1-4-5(2)6(7)8-3;1-3-4(5)6-2;1-3(2)4(5)6/h6-9H2,1-5H3,(H,14,17);2,5-7H2,1,3-4H3,(H,12,15);2*5-10H,1-4H2;4-9H,3H2,1-2H3;2-7H,1H2;4H2,1-3H3,(H,7,8);5H,4H2,1-3H3;3H,1H2,2H3;1H2,2H3,(H,5,6)/b15-10+;13-9+;;;;;;;;. The van der Waals surface area contributed by atoms with E-state index in [0.29, 0.717) is 36.5 Å². The van der Waals surface area contributed by atoms with Crippen LogP contribution in [0.25, 0.3) is 6.08 Å². The quantitative estimate of drug-likeness (QED) is 0.0124. The van der Waals surface area contributed by atoms with Crippen molar-refractivity contribution in [2.45, 2.75) is 231 Å². The molecule has 104 heavy (non-hydrogen) atoms. The zero-order valence-corrected chi connectivity index (χ0v) is 65.9. The second kappa shape index (κ2) is 49.7. The number of epoxide rings is 2. The van der Waals surface area contributed by atoms with Gasteiger partial charge in [-0.25, -0.2) is 24.0 Å². The fourth-order valence-electron chi connectivity index (χ4n) is 12.2. The van der Waals surface area contributed by atoms with Crippen molar-refractivity contribution in [2.75, 3.05) is 40.5 Å². The summed E-state index contributed by atoms with van der Waals surface area (Å²) in [4.78, 5) is 94.1. The number of nitrogens with zero attached hydrogens (tertiary/aromatic N) is 2. The molecule has 8 fully saturated rings. The van der Waals surface area contributed by atoms with E-state index in [1.807, 2.05) is 91.8 Å². The number of hydrogen-bond donors (Lipinski definition) is 4. The monoisotopic (exact) mass is 1460 g/mol. The van der Waals surface area contributed by atoms with E-state index in [2.05, 4.69) is 111 Å². The lowest BCUT2D eigenvalue weighted by atomic mass is 9.81. The van der Waals surface area contributed by atoms with Gasteiger partial charge in [0.2, 0.25) is 0 Å². The molecule has 2 amide bonds. The van der Waals surface area contributed by atoms with Crippen LogP contribution in [0.5, 0.6) is 0 Å². The second-order valence-electron chi connectivity index (χ2n) is 28.7. The van der Waals surface area contributed by atoms with Crippen molar-refractivity contribution in [1.29, 1.82) is 0 Å². The summed E-state index contributed by atoms with van der Waals surface area (Å²) in [5, 5.41) is 28.3. The number of carbonyl (C=O) groups is 8. The Morgan fingerprint density at radius 3 is 1.32 bits per heavy atom. The van der Waals surface area contributed by atoms with Gasteiger partial charge in [0, 0.05) is 17.2 Å². The Kier molecular flexibility index (Phi) is 44.9. The molecule has 6 saturated carbocycles. The molecule has 22 heteroatoms. The van der Waals surface area contributed by atoms with Crippen molar-refractivity contribution in [3.8, 4) is 0 Å². The van der Waals surface area contributed by atoms with Crippen LogP contribution in [-0.2, 0) is 66.9 Å². The molecule has 2 saturated heterocycles. The molecule has 0 radical (unpaired) electrons. The Labute approximate surface area is 621 Å². The number of ether oxygens (including phenoxy) is 6. The number of hydrogen-bond acceptors (Lipinski definition) is 18. The third-order valence-corrected chi connectivity index (χ3v) is 20.3. The van der Waals surface area contributed by atoms with Crippen LogP contribution < -0.4 is 10.6 Å². The van der Waals surface area contributed by atoms with Gasteiger partial charge in [-0.05, 0) is 210 Å². The van der Waals surface area contributed by atoms with Crippen molar-refractivity contribution in [3.63, 3.8) is 0 Å². The van der Waals surface area contributed by atoms with E-state index >= 15 is 0 Å². The van der Waals surface area contributed by atoms with E-state index in [1.165, 1.54) is 64.4 Å². The van der Waals surface area contributed by atoms with E-state index in [1.54, 1.807) is 60.3 Å². The second-order valence-corrected chi connectivity index (χ2v) is 28.7. The number of carbonyl (C=O) groups excluding carboxylic acids is 6. The number of benzene rings is 2. The minimum atomic E-state index is -0.935. The number of carboxylic acids is 2. The first kappa shape index (κ1) is 94.0. The molecule has 10 rings (SSSR count). The number of amides is 2. The largest absolute Gasteiger partial charge is 0.481 e. The maximum Gasteiger partial charge on any atom is 0.433 e. The molecule has 2 heterocycles. The lowest BCUT2D eigenvalue weighted by Gasteiger charge is -2.25. The van der Waals surface area contributed by atoms with Gasteiger partial charge in [0.05, 0.1) is 79.9 Å². The molecule has 4 N–H and O–H groups in total. The van der Waals surface area contributed by atoms with Crippen LogP contribution in [-0.4, -0.2) is 135 Å². The maximum atomic E-state index is 11.6. The molecular weight excluding hydrogens is 1330 g/mol. The molecule has 2 aromatic carbocycles. The van der Waals surface area contributed by atoms with E-state index < -0.39 is 46.9 Å². The summed E-state index contributed by atoms with van der Waals surface area (Å²) in [6.07, 6.45) is 21.6. The zero-order valence-electron chi connectivity index (χ0n) is 65.9. The molecule has 14 unspecified atom stereocenters. The van der Waals surface area contributed by atoms with Crippen LogP contribution in [0.3, 0.4) is 0 Å². The van der Waals surface area contributed by atoms with E-state index in [0.717, 1.165) is 96.4 Å². The Balaban J connectivity index is 0.000000590. The number of nitrogens with one attached hydrogen (secondary N) is 2. The number of methoxy groups -OCH3 is 2. The molecule has 4 bridgehead atoms. The van der Waals surface area contributed by atoms with Crippen LogP contribution >= 0.6 is 0 Å². The highest BCUT2D eigenvalue weighted by molar-refractivity contribution is 5.87. The van der Waals surface area contributed by atoms with E-state index in [-0.39, 0.29) is 49.7 Å². The third-order valence-electron chi connectivity index (χ3n) is 20.3. The normalized spacial score (nSPS) is 23.3. The number of esters is 4. The molecular formula is C82H128N4O18. The van der Waals surface area contributed by atoms with Gasteiger partial charge in [-0.2, -0.15) is 0 Å². The number of oxime groups is 2. The predicted molar refractivity (Wildman–Crippen MR) is 408 cm³/mol. The van der Waals surface area contributed by atoms with E-state index in [9.17, 15) is 38.4 Å². The fourth-order valence-corrected chi connectivity index (χ4v) is 12.2. The molecule has 6 aliphatic carbocycles. The van der Waals surface area contributed by atoms with Crippen molar-refractivity contribution < 1.29 is 86.7 Å². The van der Waals surface area contributed by atoms with Gasteiger partial charge in [-0.3, -0.25) is 24.1 Å². The average molecular weight is 1460 g/mol. The number of fused-ring (bicyclic) bond motifs is 14. The van der Waals surface area contributed by atoms with Crippen LogP contribution in [0.15, 0.2) is 115 Å². The summed E-state index contributed by atoms with van der Waals surface area (Å²) in [5.74, 6) is 6.53. The minimum Gasteiger partial charge on any atom is -0.481 e. The molecule has 8 aliphatic rings. The Hall–Kier alpha value is -7.98. The van der Waals surface area contributed by atoms with Gasteiger partial charge in [0.25, 0.3) is 0 Å². The number of rotatable bonds is 22. The lowest BCUT2D eigenvalue weighted by Crippen LogP contribution is -2.31. The summed E-state index contributed by atoms with van der Waals surface area (Å²) >= 11 is 0. The number of aliphatic carboxylic acids is 2. The first-order chi connectivity index (χ1) is 49.1. The third kappa shape index (κ3) is 35.2. The highest BCUT2D eigenvalue weighted by Gasteiger charge is 2.65. The first-order valence-corrected chi connectivity index (χ1v) is 37.0. The Morgan fingerprint density at radius 2 is 1.02 bits per heavy atom. The fraction of sp³-hybridized carbons (Fsp3) is 0.634. The van der Waals surface area contributed by atoms with Crippen molar-refractivity contribution in [3.05, 3.63) is 115 Å². The summed E-state index contributed by atoms with van der Waals surface area (Å²) in [6, 6.07) is 20.7. The Bertz CT molecular complexity index is 2990. The first-order valence-electron chi connectivity index (χ1n) is 37.0. The van der Waals surface area contributed by atoms with Crippen LogP contribution in [0.1, 0.15) is 218 Å². The molecule has 14 atom stereocenters. The molecule has 2 aliphatic heterocycles. The van der Waals surface area contributed by atoms with Crippen LogP contribution in [0, 0.1) is 64.1 Å².